The van der Waals surface area contributed by atoms with Crippen molar-refractivity contribution in [2.75, 3.05) is 17.2 Å². The van der Waals surface area contributed by atoms with Gasteiger partial charge in [0, 0.05) is 40.9 Å². The summed E-state index contributed by atoms with van der Waals surface area (Å²) in [5, 5.41) is 10.7. The number of para-hydroxylation sites is 1. The van der Waals surface area contributed by atoms with Crippen molar-refractivity contribution in [3.05, 3.63) is 108 Å². The zero-order valence-corrected chi connectivity index (χ0v) is 19.2. The number of hydrogen-bond acceptors (Lipinski definition) is 7. The maximum atomic E-state index is 10.8. The van der Waals surface area contributed by atoms with E-state index >= 15 is 0 Å². The summed E-state index contributed by atoms with van der Waals surface area (Å²) in [7, 11) is 0. The highest BCUT2D eigenvalue weighted by Gasteiger charge is 2.07. The van der Waals surface area contributed by atoms with Crippen LogP contribution in [-0.4, -0.2) is 20.8 Å². The van der Waals surface area contributed by atoms with Gasteiger partial charge in [-0.2, -0.15) is 5.26 Å². The third-order valence-corrected chi connectivity index (χ3v) is 5.14. The summed E-state index contributed by atoms with van der Waals surface area (Å²) < 4.78 is 1.57. The lowest BCUT2D eigenvalue weighted by molar-refractivity contribution is 0.112. The van der Waals surface area contributed by atoms with Gasteiger partial charge in [0.05, 0.1) is 5.56 Å². The molecule has 8 heteroatoms. The zero-order chi connectivity index (χ0) is 25.2. The molecule has 3 aromatic carbocycles. The predicted octanol–water partition coefficient (Wildman–Crippen LogP) is 4.53. The van der Waals surface area contributed by atoms with Crippen molar-refractivity contribution in [3.63, 3.8) is 0 Å². The Kier molecular flexibility index (Phi) is 8.14. The highest BCUT2D eigenvalue weighted by atomic mass is 16.1. The summed E-state index contributed by atoms with van der Waals surface area (Å²) in [6, 6.07) is 24.5. The van der Waals surface area contributed by atoms with E-state index in [4.69, 9.17) is 22.5 Å². The Morgan fingerprint density at radius 2 is 1.57 bits per heavy atom. The largest absolute Gasteiger partial charge is 0.399 e. The molecule has 0 aliphatic carbocycles. The number of nitrogen functional groups attached to an aromatic ring is 3. The van der Waals surface area contributed by atoms with E-state index in [-0.39, 0.29) is 0 Å². The van der Waals surface area contributed by atoms with Crippen LogP contribution in [0.1, 0.15) is 21.5 Å². The number of nitrogens with two attached hydrogens (primary N) is 3. The van der Waals surface area contributed by atoms with E-state index in [9.17, 15) is 4.79 Å². The molecular weight excluding hydrogens is 438 g/mol. The first-order valence-electron chi connectivity index (χ1n) is 10.6. The van der Waals surface area contributed by atoms with Crippen molar-refractivity contribution in [2.45, 2.75) is 6.92 Å². The number of carbonyl (C=O) groups excluding carboxylic acids is 1. The lowest BCUT2D eigenvalue weighted by Crippen LogP contribution is -2.03. The molecule has 35 heavy (non-hydrogen) atoms. The number of aromatic nitrogens is 3. The number of rotatable bonds is 2. The first-order chi connectivity index (χ1) is 17.0. The monoisotopic (exact) mass is 463 g/mol. The third-order valence-electron chi connectivity index (χ3n) is 5.14. The Balaban J connectivity index is 0.000000155. The van der Waals surface area contributed by atoms with E-state index in [0.717, 1.165) is 28.3 Å². The van der Waals surface area contributed by atoms with Crippen molar-refractivity contribution in [3.8, 4) is 12.0 Å². The van der Waals surface area contributed by atoms with Gasteiger partial charge < -0.3 is 17.2 Å². The SMILES string of the molecule is Cc1c(C=O)cc2ccccc2c1N.N#Cc1ccn(-c2ncccn2)c1N.Nc1ccccc1. The average Bonchev–Trinajstić information content (AvgIpc) is 3.28. The molecule has 0 radical (unpaired) electrons. The lowest BCUT2D eigenvalue weighted by Gasteiger charge is -2.07. The van der Waals surface area contributed by atoms with Crippen LogP contribution < -0.4 is 17.2 Å². The van der Waals surface area contributed by atoms with Crippen LogP contribution in [0, 0.1) is 18.3 Å². The molecule has 0 spiro atoms. The minimum absolute atomic E-state index is 0.360. The Labute approximate surface area is 203 Å². The summed E-state index contributed by atoms with van der Waals surface area (Å²) >= 11 is 0. The molecule has 2 aromatic heterocycles. The maximum Gasteiger partial charge on any atom is 0.235 e. The number of aldehydes is 1. The molecule has 0 saturated heterocycles. The number of anilines is 3. The fourth-order valence-electron chi connectivity index (χ4n) is 3.21. The van der Waals surface area contributed by atoms with Gasteiger partial charge in [-0.25, -0.2) is 9.97 Å². The Morgan fingerprint density at radius 1 is 0.914 bits per heavy atom. The van der Waals surface area contributed by atoms with E-state index in [1.54, 1.807) is 35.3 Å². The fraction of sp³-hybridized carbons (Fsp3) is 0.0370. The topological polar surface area (TPSA) is 150 Å². The van der Waals surface area contributed by atoms with Crippen LogP contribution in [0.2, 0.25) is 0 Å². The molecule has 0 atom stereocenters. The third kappa shape index (κ3) is 6.00. The van der Waals surface area contributed by atoms with Crippen LogP contribution in [0.3, 0.4) is 0 Å². The summed E-state index contributed by atoms with van der Waals surface area (Å²) in [4.78, 5) is 18.8. The van der Waals surface area contributed by atoms with Crippen molar-refractivity contribution in [2.24, 2.45) is 0 Å². The second kappa shape index (κ2) is 11.6. The molecule has 0 amide bonds. The minimum Gasteiger partial charge on any atom is -0.399 e. The fourth-order valence-corrected chi connectivity index (χ4v) is 3.21. The second-order valence-corrected chi connectivity index (χ2v) is 7.40. The van der Waals surface area contributed by atoms with Gasteiger partial charge in [0.25, 0.3) is 0 Å². The molecule has 0 aliphatic heterocycles. The van der Waals surface area contributed by atoms with Crippen LogP contribution in [0.5, 0.6) is 0 Å². The smallest absolute Gasteiger partial charge is 0.235 e. The van der Waals surface area contributed by atoms with E-state index in [1.165, 1.54) is 0 Å². The number of nitrogens with zero attached hydrogens (tertiary/aromatic N) is 4. The van der Waals surface area contributed by atoms with Gasteiger partial charge in [-0.1, -0.05) is 42.5 Å². The molecule has 174 valence electrons. The number of fused-ring (bicyclic) bond motifs is 1. The molecule has 0 fully saturated rings. The molecule has 8 nitrogen and oxygen atoms in total. The first-order valence-corrected chi connectivity index (χ1v) is 10.6. The van der Waals surface area contributed by atoms with E-state index in [2.05, 4.69) is 9.97 Å². The Morgan fingerprint density at radius 3 is 2.14 bits per heavy atom. The quantitative estimate of drug-likeness (QED) is 0.257. The van der Waals surface area contributed by atoms with Gasteiger partial charge in [0.2, 0.25) is 5.95 Å². The van der Waals surface area contributed by atoms with Gasteiger partial charge in [0.15, 0.2) is 0 Å². The van der Waals surface area contributed by atoms with Crippen LogP contribution in [0.25, 0.3) is 16.7 Å². The molecule has 0 bridgehead atoms. The van der Waals surface area contributed by atoms with Crippen molar-refractivity contribution in [1.82, 2.24) is 14.5 Å². The van der Waals surface area contributed by atoms with Gasteiger partial charge in [-0.3, -0.25) is 9.36 Å². The van der Waals surface area contributed by atoms with Gasteiger partial charge in [-0.05, 0) is 48.2 Å². The summed E-state index contributed by atoms with van der Waals surface area (Å²) in [6.07, 6.45) is 5.75. The summed E-state index contributed by atoms with van der Waals surface area (Å²) in [5.74, 6) is 0.824. The van der Waals surface area contributed by atoms with E-state index in [0.29, 0.717) is 28.6 Å². The standard InChI is InChI=1S/C12H11NO.C9H7N5.C6H7N/c1-8-10(7-14)6-9-4-2-3-5-11(9)12(8)13;10-6-7-2-5-14(8(7)11)9-12-3-1-4-13-9;7-6-4-2-1-3-5-6/h2-7H,13H2,1H3;1-5H,11H2;1-5H,7H2. The Hall–Kier alpha value is -5.16. The number of benzene rings is 3. The highest BCUT2D eigenvalue weighted by molar-refractivity contribution is 5.99. The first kappa shape index (κ1) is 24.5. The van der Waals surface area contributed by atoms with E-state index in [1.807, 2.05) is 73.7 Å². The molecule has 2 heterocycles. The number of nitriles is 1. The average molecular weight is 464 g/mol. The Bertz CT molecular complexity index is 1460. The van der Waals surface area contributed by atoms with E-state index < -0.39 is 0 Å². The summed E-state index contributed by atoms with van der Waals surface area (Å²) in [6.45, 7) is 1.87. The van der Waals surface area contributed by atoms with Crippen molar-refractivity contribution in [1.29, 1.82) is 5.26 Å². The molecule has 0 unspecified atom stereocenters. The number of hydrogen-bond donors (Lipinski definition) is 3. The number of carbonyl (C=O) groups is 1. The van der Waals surface area contributed by atoms with Crippen LogP contribution in [0.15, 0.2) is 91.4 Å². The van der Waals surface area contributed by atoms with Crippen LogP contribution in [-0.2, 0) is 0 Å². The van der Waals surface area contributed by atoms with Gasteiger partial charge >= 0.3 is 0 Å². The maximum absolute atomic E-state index is 10.8. The second-order valence-electron chi connectivity index (χ2n) is 7.40. The molecule has 5 rings (SSSR count). The van der Waals surface area contributed by atoms with Gasteiger partial charge in [0.1, 0.15) is 18.2 Å². The molecule has 0 aliphatic rings. The van der Waals surface area contributed by atoms with Gasteiger partial charge in [-0.15, -0.1) is 0 Å². The van der Waals surface area contributed by atoms with Crippen LogP contribution in [0.4, 0.5) is 17.2 Å². The molecule has 6 N–H and O–H groups in total. The van der Waals surface area contributed by atoms with Crippen molar-refractivity contribution < 1.29 is 4.79 Å². The van der Waals surface area contributed by atoms with Crippen LogP contribution >= 0.6 is 0 Å². The normalized spacial score (nSPS) is 9.71. The molecule has 0 saturated carbocycles. The van der Waals surface area contributed by atoms with Crippen molar-refractivity contribution >= 4 is 34.3 Å². The summed E-state index contributed by atoms with van der Waals surface area (Å²) in [5.41, 5.74) is 20.5. The zero-order valence-electron chi connectivity index (χ0n) is 19.2. The predicted molar refractivity (Wildman–Crippen MR) is 140 cm³/mol. The lowest BCUT2D eigenvalue weighted by atomic mass is 10.0. The highest BCUT2D eigenvalue weighted by Crippen LogP contribution is 2.26. The molecule has 5 aromatic rings. The minimum atomic E-state index is 0.360. The molecular formula is C27H25N7O.